The van der Waals surface area contributed by atoms with Gasteiger partial charge in [0.25, 0.3) is 5.91 Å². The van der Waals surface area contributed by atoms with Crippen molar-refractivity contribution in [2.24, 2.45) is 5.92 Å². The van der Waals surface area contributed by atoms with Gasteiger partial charge in [-0.05, 0) is 66.2 Å². The van der Waals surface area contributed by atoms with E-state index in [0.717, 1.165) is 5.56 Å². The third-order valence-electron chi connectivity index (χ3n) is 6.05. The fourth-order valence-corrected chi connectivity index (χ4v) is 4.24. The molecule has 190 valence electrons. The lowest BCUT2D eigenvalue weighted by molar-refractivity contribution is -0.126. The van der Waals surface area contributed by atoms with E-state index < -0.39 is 5.92 Å². The van der Waals surface area contributed by atoms with Gasteiger partial charge in [0, 0.05) is 35.9 Å². The van der Waals surface area contributed by atoms with Crippen molar-refractivity contribution in [3.8, 4) is 17.2 Å². The number of carbonyl (C=O) groups is 3. The van der Waals surface area contributed by atoms with Crippen molar-refractivity contribution in [3.63, 3.8) is 0 Å². The molecule has 1 atom stereocenters. The maximum Gasteiger partial charge on any atom is 0.262 e. The van der Waals surface area contributed by atoms with Crippen LogP contribution in [0.5, 0.6) is 17.2 Å². The van der Waals surface area contributed by atoms with Gasteiger partial charge in [-0.3, -0.25) is 14.4 Å². The predicted octanol–water partition coefficient (Wildman–Crippen LogP) is 3.76. The van der Waals surface area contributed by atoms with Gasteiger partial charge in [0.15, 0.2) is 18.1 Å². The molecule has 0 radical (unpaired) electrons. The molecule has 37 heavy (non-hydrogen) atoms. The zero-order chi connectivity index (χ0) is 25.8. The minimum Gasteiger partial charge on any atom is -0.484 e. The monoisotopic (exact) mass is 521 g/mol. The highest BCUT2D eigenvalue weighted by Crippen LogP contribution is 2.32. The van der Waals surface area contributed by atoms with Crippen molar-refractivity contribution in [1.29, 1.82) is 0 Å². The molecule has 0 aromatic heterocycles. The van der Waals surface area contributed by atoms with E-state index in [9.17, 15) is 14.4 Å². The normalized spacial score (nSPS) is 16.0. The van der Waals surface area contributed by atoms with Crippen LogP contribution >= 0.6 is 11.6 Å². The number of hydrogen-bond acceptors (Lipinski definition) is 6. The zero-order valence-corrected chi connectivity index (χ0v) is 20.5. The van der Waals surface area contributed by atoms with Crippen LogP contribution in [0.2, 0.25) is 5.02 Å². The Labute approximate surface area is 218 Å². The van der Waals surface area contributed by atoms with E-state index in [1.54, 1.807) is 53.4 Å². The van der Waals surface area contributed by atoms with E-state index in [2.05, 4.69) is 10.6 Å². The van der Waals surface area contributed by atoms with Gasteiger partial charge in [-0.25, -0.2) is 0 Å². The van der Waals surface area contributed by atoms with Crippen LogP contribution in [0.4, 0.5) is 11.4 Å². The second kappa shape index (κ2) is 10.8. The molecule has 3 amide bonds. The maximum absolute atomic E-state index is 12.7. The molecule has 0 unspecified atom stereocenters. The number of carbonyl (C=O) groups excluding carboxylic acids is 3. The summed E-state index contributed by atoms with van der Waals surface area (Å²) in [5.41, 5.74) is 2.17. The van der Waals surface area contributed by atoms with Crippen LogP contribution in [0.1, 0.15) is 12.0 Å². The molecule has 5 rings (SSSR count). The summed E-state index contributed by atoms with van der Waals surface area (Å²) in [6.45, 7) is 0.640. The molecule has 3 aromatic rings. The van der Waals surface area contributed by atoms with Gasteiger partial charge >= 0.3 is 0 Å². The molecule has 2 N–H and O–H groups in total. The Hall–Kier alpha value is -4.24. The fourth-order valence-electron chi connectivity index (χ4n) is 4.12. The summed E-state index contributed by atoms with van der Waals surface area (Å²) in [5.74, 6) is 0.761. The van der Waals surface area contributed by atoms with Gasteiger partial charge < -0.3 is 29.7 Å². The van der Waals surface area contributed by atoms with Gasteiger partial charge in [0.05, 0.1) is 5.92 Å². The van der Waals surface area contributed by atoms with Crippen molar-refractivity contribution in [3.05, 3.63) is 77.3 Å². The first-order chi connectivity index (χ1) is 17.9. The minimum atomic E-state index is -0.450. The van der Waals surface area contributed by atoms with Gasteiger partial charge in [-0.15, -0.1) is 0 Å². The first-order valence-electron chi connectivity index (χ1n) is 11.7. The van der Waals surface area contributed by atoms with Crippen molar-refractivity contribution in [2.75, 3.05) is 30.2 Å². The highest BCUT2D eigenvalue weighted by molar-refractivity contribution is 6.30. The Bertz CT molecular complexity index is 1310. The lowest BCUT2D eigenvalue weighted by Gasteiger charge is -2.17. The van der Waals surface area contributed by atoms with Crippen LogP contribution in [0, 0.1) is 5.92 Å². The Morgan fingerprint density at radius 3 is 2.54 bits per heavy atom. The summed E-state index contributed by atoms with van der Waals surface area (Å²) < 4.78 is 16.2. The number of nitrogens with one attached hydrogen (secondary N) is 2. The quantitative estimate of drug-likeness (QED) is 0.467. The second-order valence-corrected chi connectivity index (χ2v) is 9.08. The lowest BCUT2D eigenvalue weighted by Crippen LogP contribution is -2.32. The van der Waals surface area contributed by atoms with Crippen LogP contribution in [-0.2, 0) is 20.9 Å². The lowest BCUT2D eigenvalue weighted by atomic mass is 10.1. The maximum atomic E-state index is 12.7. The Morgan fingerprint density at radius 1 is 1.00 bits per heavy atom. The third-order valence-corrected chi connectivity index (χ3v) is 6.30. The summed E-state index contributed by atoms with van der Waals surface area (Å²) >= 11 is 5.85. The number of hydrogen-bond donors (Lipinski definition) is 2. The first kappa shape index (κ1) is 24.5. The number of ether oxygens (including phenoxy) is 3. The summed E-state index contributed by atoms with van der Waals surface area (Å²) in [6, 6.07) is 19.1. The SMILES string of the molecule is O=C(COc1ccc(N2C[C@H](C(=O)NCc3ccc4c(c3)OCO4)CC2=O)cc1)Nc1ccc(Cl)cc1. The van der Waals surface area contributed by atoms with Crippen LogP contribution in [0.3, 0.4) is 0 Å². The first-order valence-corrected chi connectivity index (χ1v) is 12.1. The largest absolute Gasteiger partial charge is 0.484 e. The number of halogens is 1. The summed E-state index contributed by atoms with van der Waals surface area (Å²) in [5, 5.41) is 6.21. The topological polar surface area (TPSA) is 106 Å². The van der Waals surface area contributed by atoms with E-state index in [-0.39, 0.29) is 44.1 Å². The van der Waals surface area contributed by atoms with Gasteiger partial charge in [0.2, 0.25) is 18.6 Å². The van der Waals surface area contributed by atoms with Gasteiger partial charge in [-0.2, -0.15) is 0 Å². The Morgan fingerprint density at radius 2 is 1.76 bits per heavy atom. The predicted molar refractivity (Wildman–Crippen MR) is 137 cm³/mol. The van der Waals surface area contributed by atoms with E-state index in [4.69, 9.17) is 25.8 Å². The van der Waals surface area contributed by atoms with E-state index in [1.807, 2.05) is 18.2 Å². The Kier molecular flexibility index (Phi) is 7.14. The van der Waals surface area contributed by atoms with E-state index >= 15 is 0 Å². The average molecular weight is 522 g/mol. The summed E-state index contributed by atoms with van der Waals surface area (Å²) in [4.78, 5) is 39.0. The molecule has 1 saturated heterocycles. The molecule has 0 saturated carbocycles. The van der Waals surface area contributed by atoms with Crippen LogP contribution < -0.4 is 29.7 Å². The fraction of sp³-hybridized carbons (Fsp3) is 0.222. The molecule has 9 nitrogen and oxygen atoms in total. The minimum absolute atomic E-state index is 0.126. The van der Waals surface area contributed by atoms with Crippen molar-refractivity contribution in [2.45, 2.75) is 13.0 Å². The van der Waals surface area contributed by atoms with E-state index in [1.165, 1.54) is 0 Å². The summed E-state index contributed by atoms with van der Waals surface area (Å²) in [7, 11) is 0. The molecular formula is C27H24ClN3O6. The molecule has 0 aliphatic carbocycles. The molecule has 1 fully saturated rings. The number of amides is 3. The number of nitrogens with zero attached hydrogens (tertiary/aromatic N) is 1. The molecule has 10 heteroatoms. The summed E-state index contributed by atoms with van der Waals surface area (Å²) in [6.07, 6.45) is 0.135. The molecule has 2 heterocycles. The van der Waals surface area contributed by atoms with Crippen LogP contribution in [-0.4, -0.2) is 37.7 Å². The molecule has 3 aromatic carbocycles. The second-order valence-electron chi connectivity index (χ2n) is 8.65. The molecule has 0 bridgehead atoms. The average Bonchev–Trinajstić information content (AvgIpc) is 3.54. The molecule has 2 aliphatic rings. The van der Waals surface area contributed by atoms with Crippen molar-refractivity contribution >= 4 is 40.7 Å². The van der Waals surface area contributed by atoms with Crippen molar-refractivity contribution < 1.29 is 28.6 Å². The van der Waals surface area contributed by atoms with Crippen LogP contribution in [0.15, 0.2) is 66.7 Å². The molecule has 2 aliphatic heterocycles. The van der Waals surface area contributed by atoms with E-state index in [0.29, 0.717) is 40.2 Å². The molecular weight excluding hydrogens is 498 g/mol. The van der Waals surface area contributed by atoms with Crippen LogP contribution in [0.25, 0.3) is 0 Å². The smallest absolute Gasteiger partial charge is 0.262 e. The highest BCUT2D eigenvalue weighted by atomic mass is 35.5. The number of benzene rings is 3. The Balaban J connectivity index is 1.10. The number of fused-ring (bicyclic) bond motifs is 1. The highest BCUT2D eigenvalue weighted by Gasteiger charge is 2.35. The van der Waals surface area contributed by atoms with Gasteiger partial charge in [-0.1, -0.05) is 17.7 Å². The number of rotatable bonds is 8. The van der Waals surface area contributed by atoms with Gasteiger partial charge in [0.1, 0.15) is 5.75 Å². The third kappa shape index (κ3) is 5.95. The number of anilines is 2. The standard InChI is InChI=1S/C27H24ClN3O6/c28-19-2-4-20(5-3-19)30-25(32)15-35-22-8-6-21(7-9-22)31-14-18(12-26(31)33)27(34)29-13-17-1-10-23-24(11-17)37-16-36-23/h1-11,18H,12-16H2,(H,29,34)(H,30,32)/t18-/m1/s1. The zero-order valence-electron chi connectivity index (χ0n) is 19.7. The molecule has 0 spiro atoms. The van der Waals surface area contributed by atoms with Crippen molar-refractivity contribution in [1.82, 2.24) is 5.32 Å².